The number of benzene rings is 1. The highest BCUT2D eigenvalue weighted by atomic mass is 15.0. The van der Waals surface area contributed by atoms with Crippen molar-refractivity contribution in [3.63, 3.8) is 0 Å². The predicted molar refractivity (Wildman–Crippen MR) is 70.0 cm³/mol. The van der Waals surface area contributed by atoms with Crippen molar-refractivity contribution >= 4 is 5.69 Å². The van der Waals surface area contributed by atoms with E-state index in [1.807, 2.05) is 19.1 Å². The number of rotatable bonds is 2. The van der Waals surface area contributed by atoms with E-state index in [1.54, 1.807) is 0 Å². The smallest absolute Gasteiger partial charge is 0.0994 e. The van der Waals surface area contributed by atoms with Gasteiger partial charge in [0.2, 0.25) is 0 Å². The number of hydrogen-bond donors (Lipinski definition) is 2. The fourth-order valence-electron chi connectivity index (χ4n) is 2.33. The van der Waals surface area contributed by atoms with E-state index in [0.29, 0.717) is 12.1 Å². The topological polar surface area (TPSA) is 47.8 Å². The molecule has 0 amide bonds. The second-order valence-electron chi connectivity index (χ2n) is 4.78. The van der Waals surface area contributed by atoms with Crippen LogP contribution in [0.15, 0.2) is 18.2 Å². The number of anilines is 1. The van der Waals surface area contributed by atoms with Gasteiger partial charge in [0.25, 0.3) is 0 Å². The number of nitrogens with one attached hydrogen (secondary N) is 2. The molecule has 3 nitrogen and oxygen atoms in total. The van der Waals surface area contributed by atoms with Gasteiger partial charge in [0.1, 0.15) is 0 Å². The molecule has 1 aliphatic rings. The molecule has 2 N–H and O–H groups in total. The Morgan fingerprint density at radius 1 is 1.47 bits per heavy atom. The Morgan fingerprint density at radius 2 is 2.29 bits per heavy atom. The summed E-state index contributed by atoms with van der Waals surface area (Å²) >= 11 is 0. The van der Waals surface area contributed by atoms with Crippen LogP contribution in [0.1, 0.15) is 30.9 Å². The van der Waals surface area contributed by atoms with Crippen molar-refractivity contribution in [1.29, 1.82) is 5.26 Å². The average Bonchev–Trinajstić information content (AvgIpc) is 2.32. The van der Waals surface area contributed by atoms with Crippen LogP contribution < -0.4 is 10.6 Å². The van der Waals surface area contributed by atoms with Crippen LogP contribution in [-0.4, -0.2) is 18.6 Å². The Kier molecular flexibility index (Phi) is 3.65. The summed E-state index contributed by atoms with van der Waals surface area (Å²) in [6, 6.07) is 9.11. The van der Waals surface area contributed by atoms with Crippen LogP contribution in [-0.2, 0) is 0 Å². The third kappa shape index (κ3) is 2.78. The number of aryl methyl sites for hydroxylation is 1. The maximum atomic E-state index is 8.89. The quantitative estimate of drug-likeness (QED) is 0.818. The van der Waals surface area contributed by atoms with Gasteiger partial charge in [-0.2, -0.15) is 5.26 Å². The molecule has 0 aromatic heterocycles. The van der Waals surface area contributed by atoms with Gasteiger partial charge in [-0.3, -0.25) is 0 Å². The Hall–Kier alpha value is -1.53. The van der Waals surface area contributed by atoms with Gasteiger partial charge in [0.15, 0.2) is 0 Å². The zero-order valence-electron chi connectivity index (χ0n) is 10.5. The highest BCUT2D eigenvalue weighted by Gasteiger charge is 2.20. The van der Waals surface area contributed by atoms with Crippen molar-refractivity contribution in [2.24, 2.45) is 0 Å². The standard InChI is InChI=1S/C14H19N3/c1-10-8-13(6-5-12(10)9-15)17-14-4-3-7-16-11(14)2/h5-6,8,11,14,16-17H,3-4,7H2,1-2H3. The second-order valence-corrected chi connectivity index (χ2v) is 4.78. The first-order chi connectivity index (χ1) is 8.20. The van der Waals surface area contributed by atoms with Crippen molar-refractivity contribution < 1.29 is 0 Å². The van der Waals surface area contributed by atoms with E-state index in [0.717, 1.165) is 23.4 Å². The van der Waals surface area contributed by atoms with Crippen LogP contribution in [0.5, 0.6) is 0 Å². The molecule has 1 aliphatic heterocycles. The third-order valence-corrected chi connectivity index (χ3v) is 3.46. The van der Waals surface area contributed by atoms with Crippen LogP contribution in [0.2, 0.25) is 0 Å². The molecule has 1 heterocycles. The maximum absolute atomic E-state index is 8.89. The number of piperidine rings is 1. The molecular formula is C14H19N3. The zero-order valence-corrected chi connectivity index (χ0v) is 10.5. The van der Waals surface area contributed by atoms with E-state index in [4.69, 9.17) is 5.26 Å². The second kappa shape index (κ2) is 5.20. The van der Waals surface area contributed by atoms with Gasteiger partial charge in [0, 0.05) is 17.8 Å². The van der Waals surface area contributed by atoms with E-state index < -0.39 is 0 Å². The minimum Gasteiger partial charge on any atom is -0.381 e. The van der Waals surface area contributed by atoms with E-state index in [9.17, 15) is 0 Å². The van der Waals surface area contributed by atoms with Gasteiger partial charge in [-0.05, 0) is 57.0 Å². The molecule has 0 spiro atoms. The third-order valence-electron chi connectivity index (χ3n) is 3.46. The molecule has 2 atom stereocenters. The summed E-state index contributed by atoms with van der Waals surface area (Å²) in [6.45, 7) is 5.31. The van der Waals surface area contributed by atoms with Crippen LogP contribution >= 0.6 is 0 Å². The molecule has 0 aliphatic carbocycles. The average molecular weight is 229 g/mol. The van der Waals surface area contributed by atoms with E-state index >= 15 is 0 Å². The minimum atomic E-state index is 0.482. The fourth-order valence-corrected chi connectivity index (χ4v) is 2.33. The lowest BCUT2D eigenvalue weighted by Crippen LogP contribution is -2.46. The van der Waals surface area contributed by atoms with Crippen molar-refractivity contribution in [3.05, 3.63) is 29.3 Å². The van der Waals surface area contributed by atoms with Gasteiger partial charge in [0.05, 0.1) is 11.6 Å². The lowest BCUT2D eigenvalue weighted by atomic mass is 9.99. The highest BCUT2D eigenvalue weighted by Crippen LogP contribution is 2.19. The molecule has 1 saturated heterocycles. The number of nitriles is 1. The fraction of sp³-hybridized carbons (Fsp3) is 0.500. The first-order valence-corrected chi connectivity index (χ1v) is 6.21. The molecule has 0 saturated carbocycles. The highest BCUT2D eigenvalue weighted by molar-refractivity contribution is 5.52. The lowest BCUT2D eigenvalue weighted by Gasteiger charge is -2.31. The SMILES string of the molecule is Cc1cc(NC2CCCNC2C)ccc1C#N. The molecule has 17 heavy (non-hydrogen) atoms. The molecule has 1 aromatic rings. The number of nitrogens with zero attached hydrogens (tertiary/aromatic N) is 1. The Labute approximate surface area is 103 Å². The van der Waals surface area contributed by atoms with Crippen molar-refractivity contribution in [2.45, 2.75) is 38.8 Å². The van der Waals surface area contributed by atoms with Crippen LogP contribution in [0.3, 0.4) is 0 Å². The van der Waals surface area contributed by atoms with E-state index in [2.05, 4.69) is 29.7 Å². The molecule has 2 unspecified atom stereocenters. The van der Waals surface area contributed by atoms with Crippen LogP contribution in [0.4, 0.5) is 5.69 Å². The largest absolute Gasteiger partial charge is 0.381 e. The van der Waals surface area contributed by atoms with Crippen LogP contribution in [0, 0.1) is 18.3 Å². The summed E-state index contributed by atoms with van der Waals surface area (Å²) in [5.74, 6) is 0. The Bertz CT molecular complexity index is 434. The van der Waals surface area contributed by atoms with Gasteiger partial charge in [-0.25, -0.2) is 0 Å². The van der Waals surface area contributed by atoms with Gasteiger partial charge in [-0.1, -0.05) is 0 Å². The maximum Gasteiger partial charge on any atom is 0.0994 e. The van der Waals surface area contributed by atoms with Gasteiger partial charge >= 0.3 is 0 Å². The first kappa shape index (κ1) is 11.9. The Balaban J connectivity index is 2.08. The van der Waals surface area contributed by atoms with Crippen molar-refractivity contribution in [3.8, 4) is 6.07 Å². The summed E-state index contributed by atoms with van der Waals surface area (Å²) in [6.07, 6.45) is 2.42. The minimum absolute atomic E-state index is 0.482. The molecule has 0 bridgehead atoms. The summed E-state index contributed by atoms with van der Waals surface area (Å²) in [7, 11) is 0. The van der Waals surface area contributed by atoms with E-state index in [-0.39, 0.29) is 0 Å². The first-order valence-electron chi connectivity index (χ1n) is 6.21. The molecular weight excluding hydrogens is 210 g/mol. The van der Waals surface area contributed by atoms with Gasteiger partial charge in [-0.15, -0.1) is 0 Å². The van der Waals surface area contributed by atoms with Crippen molar-refractivity contribution in [2.75, 3.05) is 11.9 Å². The summed E-state index contributed by atoms with van der Waals surface area (Å²) in [4.78, 5) is 0. The number of hydrogen-bond acceptors (Lipinski definition) is 3. The molecule has 3 heteroatoms. The van der Waals surface area contributed by atoms with Crippen molar-refractivity contribution in [1.82, 2.24) is 5.32 Å². The lowest BCUT2D eigenvalue weighted by molar-refractivity contribution is 0.389. The summed E-state index contributed by atoms with van der Waals surface area (Å²) in [5.41, 5.74) is 2.90. The molecule has 0 radical (unpaired) electrons. The van der Waals surface area contributed by atoms with Gasteiger partial charge < -0.3 is 10.6 Å². The monoisotopic (exact) mass is 229 g/mol. The molecule has 2 rings (SSSR count). The zero-order chi connectivity index (χ0) is 12.3. The molecule has 1 aromatic carbocycles. The van der Waals surface area contributed by atoms with Crippen LogP contribution in [0.25, 0.3) is 0 Å². The molecule has 90 valence electrons. The van der Waals surface area contributed by atoms with E-state index in [1.165, 1.54) is 12.8 Å². The normalized spacial score (nSPS) is 24.1. The summed E-state index contributed by atoms with van der Waals surface area (Å²) in [5, 5.41) is 15.9. The summed E-state index contributed by atoms with van der Waals surface area (Å²) < 4.78 is 0. The molecule has 1 fully saturated rings. The predicted octanol–water partition coefficient (Wildman–Crippen LogP) is 2.42. The Morgan fingerprint density at radius 3 is 2.94 bits per heavy atom.